The molecule has 1 N–H and O–H groups in total. The predicted octanol–water partition coefficient (Wildman–Crippen LogP) is 4.23. The first-order valence-electron chi connectivity index (χ1n) is 7.72. The summed E-state index contributed by atoms with van der Waals surface area (Å²) in [6, 6.07) is 7.77. The smallest absolute Gasteiger partial charge is 0.115 e. The molecule has 0 aromatic heterocycles. The van der Waals surface area contributed by atoms with Crippen LogP contribution in [0.4, 0.5) is 0 Å². The van der Waals surface area contributed by atoms with Crippen molar-refractivity contribution in [2.24, 2.45) is 5.92 Å². The molecule has 2 aliphatic rings. The number of hydrogen-bond acceptors (Lipinski definition) is 2. The molecule has 1 heterocycles. The fourth-order valence-electron chi connectivity index (χ4n) is 3.62. The Morgan fingerprint density at radius 1 is 1.11 bits per heavy atom. The van der Waals surface area contributed by atoms with Crippen molar-refractivity contribution in [1.82, 2.24) is 0 Å². The lowest BCUT2D eigenvalue weighted by Gasteiger charge is -2.28. The number of aromatic hydroxyl groups is 1. The molecule has 2 heteroatoms. The molecule has 0 amide bonds. The van der Waals surface area contributed by atoms with Gasteiger partial charge in [0.2, 0.25) is 0 Å². The number of phenols is 1. The van der Waals surface area contributed by atoms with Gasteiger partial charge in [-0.2, -0.15) is 0 Å². The van der Waals surface area contributed by atoms with Gasteiger partial charge in [-0.3, -0.25) is 0 Å². The number of ether oxygens (including phenoxy) is 1. The van der Waals surface area contributed by atoms with E-state index < -0.39 is 0 Å². The molecule has 3 rings (SSSR count). The van der Waals surface area contributed by atoms with E-state index in [-0.39, 0.29) is 0 Å². The molecule has 2 fully saturated rings. The molecule has 1 aromatic rings. The fourth-order valence-corrected chi connectivity index (χ4v) is 3.62. The van der Waals surface area contributed by atoms with Crippen LogP contribution in [0.5, 0.6) is 5.75 Å². The third-order valence-corrected chi connectivity index (χ3v) is 4.80. The summed E-state index contributed by atoms with van der Waals surface area (Å²) in [7, 11) is 0. The quantitative estimate of drug-likeness (QED) is 0.822. The molecule has 104 valence electrons. The van der Waals surface area contributed by atoms with E-state index in [1.807, 2.05) is 12.1 Å². The Kier molecular flexibility index (Phi) is 3.79. The minimum Gasteiger partial charge on any atom is -0.508 e. The van der Waals surface area contributed by atoms with Gasteiger partial charge < -0.3 is 9.84 Å². The highest BCUT2D eigenvalue weighted by atomic mass is 16.6. The predicted molar refractivity (Wildman–Crippen MR) is 76.4 cm³/mol. The summed E-state index contributed by atoms with van der Waals surface area (Å²) in [6.45, 7) is 2.24. The average molecular weight is 260 g/mol. The summed E-state index contributed by atoms with van der Waals surface area (Å²) in [4.78, 5) is 0. The van der Waals surface area contributed by atoms with Crippen LogP contribution in [0.25, 0.3) is 0 Å². The second-order valence-electron chi connectivity index (χ2n) is 6.13. The number of rotatable bonds is 4. The van der Waals surface area contributed by atoms with E-state index in [9.17, 15) is 5.11 Å². The lowest BCUT2D eigenvalue weighted by molar-refractivity contribution is 0.248. The first kappa shape index (κ1) is 13.0. The number of benzene rings is 1. The molecule has 0 spiro atoms. The molecule has 19 heavy (non-hydrogen) atoms. The molecular weight excluding hydrogens is 236 g/mol. The van der Waals surface area contributed by atoms with E-state index >= 15 is 0 Å². The highest BCUT2D eigenvalue weighted by Gasteiger charge is 2.44. The topological polar surface area (TPSA) is 32.8 Å². The molecule has 1 saturated carbocycles. The zero-order valence-corrected chi connectivity index (χ0v) is 11.7. The molecule has 1 aliphatic heterocycles. The molecule has 2 atom stereocenters. The average Bonchev–Trinajstić information content (AvgIpc) is 3.20. The molecule has 2 nitrogen and oxygen atoms in total. The Hall–Kier alpha value is -1.02. The summed E-state index contributed by atoms with van der Waals surface area (Å²) >= 11 is 0. The van der Waals surface area contributed by atoms with Gasteiger partial charge >= 0.3 is 0 Å². The van der Waals surface area contributed by atoms with Crippen LogP contribution in [0.3, 0.4) is 0 Å². The van der Waals surface area contributed by atoms with Crippen molar-refractivity contribution in [3.63, 3.8) is 0 Å². The normalized spacial score (nSPS) is 34.2. The summed E-state index contributed by atoms with van der Waals surface area (Å²) in [5.74, 6) is 1.84. The zero-order chi connectivity index (χ0) is 13.2. The van der Waals surface area contributed by atoms with Crippen LogP contribution in [0.2, 0.25) is 0 Å². The summed E-state index contributed by atoms with van der Waals surface area (Å²) in [6.07, 6.45) is 8.77. The van der Waals surface area contributed by atoms with Crippen LogP contribution >= 0.6 is 0 Å². The Bertz CT molecular complexity index is 404. The van der Waals surface area contributed by atoms with Crippen LogP contribution in [-0.4, -0.2) is 17.3 Å². The van der Waals surface area contributed by atoms with Crippen molar-refractivity contribution in [3.05, 3.63) is 29.8 Å². The molecular formula is C17H24O2. The van der Waals surface area contributed by atoms with E-state index in [0.717, 1.165) is 5.92 Å². The first-order chi connectivity index (χ1) is 9.28. The summed E-state index contributed by atoms with van der Waals surface area (Å²) in [5, 5.41) is 9.34. The van der Waals surface area contributed by atoms with E-state index in [4.69, 9.17) is 4.74 Å². The minimum atomic E-state index is 0.367. The SMILES string of the molecule is CCC[C@@H]1O[C@H]1C1CCC(c2ccc(O)cc2)CC1. The largest absolute Gasteiger partial charge is 0.508 e. The third kappa shape index (κ3) is 2.94. The maximum absolute atomic E-state index is 9.34. The number of epoxide rings is 1. The Morgan fingerprint density at radius 2 is 1.79 bits per heavy atom. The second kappa shape index (κ2) is 5.54. The number of phenolic OH excluding ortho intramolecular Hbond substituents is 1. The van der Waals surface area contributed by atoms with E-state index in [0.29, 0.717) is 23.9 Å². The van der Waals surface area contributed by atoms with E-state index in [2.05, 4.69) is 19.1 Å². The summed E-state index contributed by atoms with van der Waals surface area (Å²) < 4.78 is 5.82. The molecule has 0 unspecified atom stereocenters. The lowest BCUT2D eigenvalue weighted by Crippen LogP contribution is -2.19. The van der Waals surface area contributed by atoms with Crippen LogP contribution in [0, 0.1) is 5.92 Å². The van der Waals surface area contributed by atoms with Gasteiger partial charge in [-0.15, -0.1) is 0 Å². The highest BCUT2D eigenvalue weighted by molar-refractivity contribution is 5.28. The molecule has 0 bridgehead atoms. The van der Waals surface area contributed by atoms with Gasteiger partial charge in [0.1, 0.15) is 5.75 Å². The maximum Gasteiger partial charge on any atom is 0.115 e. The van der Waals surface area contributed by atoms with Crippen molar-refractivity contribution in [2.45, 2.75) is 63.6 Å². The van der Waals surface area contributed by atoms with Gasteiger partial charge in [0.05, 0.1) is 12.2 Å². The van der Waals surface area contributed by atoms with Crippen molar-refractivity contribution in [3.8, 4) is 5.75 Å². The van der Waals surface area contributed by atoms with Gasteiger partial charge in [-0.1, -0.05) is 25.5 Å². The van der Waals surface area contributed by atoms with Crippen LogP contribution in [0.1, 0.15) is 56.9 Å². The van der Waals surface area contributed by atoms with Gasteiger partial charge in [0.15, 0.2) is 0 Å². The van der Waals surface area contributed by atoms with E-state index in [1.165, 1.54) is 44.1 Å². The standard InChI is InChI=1S/C17H24O2/c1-2-3-16-17(19-16)14-6-4-12(5-7-14)13-8-10-15(18)11-9-13/h8-12,14,16-18H,2-7H2,1H3/t12?,14?,16-,17-/m0/s1. The molecule has 1 aromatic carbocycles. The highest BCUT2D eigenvalue weighted by Crippen LogP contribution is 2.44. The third-order valence-electron chi connectivity index (χ3n) is 4.80. The Labute approximate surface area is 115 Å². The Morgan fingerprint density at radius 3 is 2.42 bits per heavy atom. The van der Waals surface area contributed by atoms with Gasteiger partial charge in [0, 0.05) is 0 Å². The zero-order valence-electron chi connectivity index (χ0n) is 11.7. The van der Waals surface area contributed by atoms with Crippen LogP contribution in [-0.2, 0) is 4.74 Å². The molecule has 1 saturated heterocycles. The second-order valence-corrected chi connectivity index (χ2v) is 6.13. The summed E-state index contributed by atoms with van der Waals surface area (Å²) in [5.41, 5.74) is 1.39. The van der Waals surface area contributed by atoms with Crippen molar-refractivity contribution in [1.29, 1.82) is 0 Å². The van der Waals surface area contributed by atoms with Gasteiger partial charge in [-0.25, -0.2) is 0 Å². The fraction of sp³-hybridized carbons (Fsp3) is 0.647. The van der Waals surface area contributed by atoms with Gasteiger partial charge in [-0.05, 0) is 61.6 Å². The number of hydrogen-bond donors (Lipinski definition) is 1. The molecule has 0 radical (unpaired) electrons. The minimum absolute atomic E-state index is 0.367. The van der Waals surface area contributed by atoms with Crippen molar-refractivity contribution < 1.29 is 9.84 Å². The maximum atomic E-state index is 9.34. The van der Waals surface area contributed by atoms with Crippen LogP contribution in [0.15, 0.2) is 24.3 Å². The molecule has 1 aliphatic carbocycles. The van der Waals surface area contributed by atoms with Crippen molar-refractivity contribution >= 4 is 0 Å². The van der Waals surface area contributed by atoms with Gasteiger partial charge in [0.25, 0.3) is 0 Å². The first-order valence-corrected chi connectivity index (χ1v) is 7.72. The van der Waals surface area contributed by atoms with E-state index in [1.54, 1.807) is 0 Å². The monoisotopic (exact) mass is 260 g/mol. The van der Waals surface area contributed by atoms with Crippen molar-refractivity contribution in [2.75, 3.05) is 0 Å². The van der Waals surface area contributed by atoms with Crippen LogP contribution < -0.4 is 0 Å². The lowest BCUT2D eigenvalue weighted by atomic mass is 9.77. The Balaban J connectivity index is 1.51.